The molecule has 0 N–H and O–H groups in total. The van der Waals surface area contributed by atoms with Crippen LogP contribution >= 0.6 is 0 Å². The summed E-state index contributed by atoms with van der Waals surface area (Å²) in [5, 5.41) is 3.90. The molecule has 7 nitrogen and oxygen atoms in total. The Morgan fingerprint density at radius 2 is 1.86 bits per heavy atom. The Balaban J connectivity index is 2.77. The Morgan fingerprint density at radius 3 is 2.29 bits per heavy atom. The number of sulfone groups is 1. The van der Waals surface area contributed by atoms with Gasteiger partial charge in [0.25, 0.3) is 0 Å². The van der Waals surface area contributed by atoms with Crippen LogP contribution in [-0.2, 0) is 23.1 Å². The van der Waals surface area contributed by atoms with Gasteiger partial charge in [0.1, 0.15) is 6.33 Å². The average molecular weight is 416 g/mol. The van der Waals surface area contributed by atoms with Crippen molar-refractivity contribution in [1.82, 2.24) is 19.7 Å². The number of carbonyl (C=O) groups excluding carboxylic acids is 1. The van der Waals surface area contributed by atoms with E-state index >= 15 is 0 Å². The summed E-state index contributed by atoms with van der Waals surface area (Å²) in [6.07, 6.45) is -1.52. The first-order chi connectivity index (χ1) is 12.7. The molecular weight excluding hydrogens is 397 g/mol. The predicted molar refractivity (Wildman–Crippen MR) is 96.3 cm³/mol. The monoisotopic (exact) mass is 416 g/mol. The van der Waals surface area contributed by atoms with Gasteiger partial charge in [-0.25, -0.2) is 18.1 Å². The van der Waals surface area contributed by atoms with Crippen molar-refractivity contribution in [3.63, 3.8) is 0 Å². The number of ketones is 1. The summed E-state index contributed by atoms with van der Waals surface area (Å²) in [7, 11) is 0.623. The van der Waals surface area contributed by atoms with E-state index in [9.17, 15) is 26.4 Å². The van der Waals surface area contributed by atoms with E-state index in [1.807, 2.05) is 0 Å². The number of allylic oxidation sites excluding steroid dienone is 1. The number of aromatic nitrogens is 3. The standard InChI is InChI=1S/C17H19F3N4O3S/c1-10-11(6-7-13(17(18,19)20)15(10)28(5,26)27)14(25)12(8-23(2)3)16-21-9-22-24(16)4/h6-9H,1-5H3. The number of nitrogens with zero attached hydrogens (tertiary/aromatic N) is 4. The number of carbonyl (C=O) groups is 1. The zero-order valence-electron chi connectivity index (χ0n) is 15.9. The molecule has 0 saturated carbocycles. The fraction of sp³-hybridized carbons (Fsp3) is 0.353. The highest BCUT2D eigenvalue weighted by Crippen LogP contribution is 2.37. The number of Topliss-reactive ketones (excluding diaryl/α,β-unsaturated/α-hetero) is 1. The number of halogens is 3. The van der Waals surface area contributed by atoms with Crippen LogP contribution in [0.15, 0.2) is 29.6 Å². The quantitative estimate of drug-likeness (QED) is 0.549. The van der Waals surface area contributed by atoms with Crippen molar-refractivity contribution in [2.45, 2.75) is 18.0 Å². The first-order valence-electron chi connectivity index (χ1n) is 7.93. The van der Waals surface area contributed by atoms with Crippen LogP contribution in [0.1, 0.15) is 27.3 Å². The van der Waals surface area contributed by atoms with Crippen LogP contribution in [0.4, 0.5) is 13.2 Å². The molecule has 0 saturated heterocycles. The van der Waals surface area contributed by atoms with E-state index < -0.39 is 32.3 Å². The van der Waals surface area contributed by atoms with Crippen LogP contribution < -0.4 is 0 Å². The highest BCUT2D eigenvalue weighted by molar-refractivity contribution is 7.90. The maximum atomic E-state index is 13.3. The second kappa shape index (κ2) is 7.38. The lowest BCUT2D eigenvalue weighted by molar-refractivity contribution is -0.139. The molecule has 0 spiro atoms. The van der Waals surface area contributed by atoms with E-state index in [-0.39, 0.29) is 22.5 Å². The molecule has 0 aliphatic rings. The molecule has 0 aliphatic heterocycles. The van der Waals surface area contributed by atoms with Crippen LogP contribution in [0, 0.1) is 6.92 Å². The fourth-order valence-corrected chi connectivity index (χ4v) is 4.05. The van der Waals surface area contributed by atoms with Crippen LogP contribution in [0.3, 0.4) is 0 Å². The van der Waals surface area contributed by atoms with Gasteiger partial charge in [0.05, 0.1) is 16.0 Å². The van der Waals surface area contributed by atoms with Gasteiger partial charge in [0.15, 0.2) is 21.4 Å². The number of hydrogen-bond acceptors (Lipinski definition) is 6. The largest absolute Gasteiger partial charge is 0.417 e. The molecular formula is C17H19F3N4O3S. The van der Waals surface area contributed by atoms with E-state index in [4.69, 9.17) is 0 Å². The summed E-state index contributed by atoms with van der Waals surface area (Å²) < 4.78 is 65.4. The molecule has 2 aromatic rings. The van der Waals surface area contributed by atoms with Gasteiger partial charge in [-0.1, -0.05) is 6.07 Å². The van der Waals surface area contributed by atoms with Crippen LogP contribution in [0.5, 0.6) is 0 Å². The molecule has 1 heterocycles. The highest BCUT2D eigenvalue weighted by Gasteiger charge is 2.38. The summed E-state index contributed by atoms with van der Waals surface area (Å²) in [5.41, 5.74) is -1.67. The number of rotatable bonds is 5. The minimum absolute atomic E-state index is 0.0623. The zero-order chi connectivity index (χ0) is 21.4. The van der Waals surface area contributed by atoms with Crippen LogP contribution in [0.2, 0.25) is 0 Å². The molecule has 0 fully saturated rings. The van der Waals surface area contributed by atoms with Gasteiger partial charge in [0, 0.05) is 39.2 Å². The van der Waals surface area contributed by atoms with Crippen LogP contribution in [-0.4, -0.2) is 54.2 Å². The predicted octanol–water partition coefficient (Wildman–Crippen LogP) is 2.33. The van der Waals surface area contributed by atoms with Gasteiger partial charge in [-0.2, -0.15) is 18.3 Å². The van der Waals surface area contributed by atoms with E-state index in [0.29, 0.717) is 12.3 Å². The van der Waals surface area contributed by atoms with Gasteiger partial charge < -0.3 is 4.90 Å². The lowest BCUT2D eigenvalue weighted by Crippen LogP contribution is -2.18. The first-order valence-corrected chi connectivity index (χ1v) is 9.82. The molecule has 0 unspecified atom stereocenters. The third kappa shape index (κ3) is 4.24. The normalized spacial score (nSPS) is 12.9. The third-order valence-electron chi connectivity index (χ3n) is 3.91. The molecule has 0 bridgehead atoms. The molecule has 0 aliphatic carbocycles. The van der Waals surface area contributed by atoms with Crippen molar-refractivity contribution in [2.75, 3.05) is 20.4 Å². The summed E-state index contributed by atoms with van der Waals surface area (Å²) in [5.74, 6) is -0.472. The minimum Gasteiger partial charge on any atom is -0.383 e. The molecule has 28 heavy (non-hydrogen) atoms. The second-order valence-corrected chi connectivity index (χ2v) is 8.38. The maximum Gasteiger partial charge on any atom is 0.417 e. The minimum atomic E-state index is -4.88. The summed E-state index contributed by atoms with van der Waals surface area (Å²) in [4.78, 5) is 17.8. The van der Waals surface area contributed by atoms with Crippen molar-refractivity contribution in [1.29, 1.82) is 0 Å². The van der Waals surface area contributed by atoms with Gasteiger partial charge >= 0.3 is 6.18 Å². The lowest BCUT2D eigenvalue weighted by Gasteiger charge is -2.17. The smallest absolute Gasteiger partial charge is 0.383 e. The Labute approximate surface area is 160 Å². The number of benzene rings is 1. The SMILES string of the molecule is Cc1c(C(=O)C(=CN(C)C)c2ncnn2C)ccc(C(F)(F)F)c1S(C)(=O)=O. The Morgan fingerprint density at radius 1 is 1.25 bits per heavy atom. The number of aryl methyl sites for hydroxylation is 1. The first kappa shape index (κ1) is 21.6. The second-order valence-electron chi connectivity index (χ2n) is 6.43. The van der Waals surface area contributed by atoms with E-state index in [1.165, 1.54) is 24.1 Å². The lowest BCUT2D eigenvalue weighted by atomic mass is 9.96. The Hall–Kier alpha value is -2.69. The van der Waals surface area contributed by atoms with Gasteiger partial charge in [-0.05, 0) is 18.6 Å². The highest BCUT2D eigenvalue weighted by atomic mass is 32.2. The zero-order valence-corrected chi connectivity index (χ0v) is 16.7. The topological polar surface area (TPSA) is 85.2 Å². The van der Waals surface area contributed by atoms with Crippen molar-refractivity contribution in [3.05, 3.63) is 47.2 Å². The molecule has 0 atom stereocenters. The van der Waals surface area contributed by atoms with E-state index in [2.05, 4.69) is 10.1 Å². The van der Waals surface area contributed by atoms with E-state index in [0.717, 1.165) is 6.07 Å². The fourth-order valence-electron chi connectivity index (χ4n) is 2.80. The molecule has 0 radical (unpaired) electrons. The molecule has 1 aromatic carbocycles. The number of hydrogen-bond donors (Lipinski definition) is 0. The van der Waals surface area contributed by atoms with Crippen molar-refractivity contribution in [3.8, 4) is 0 Å². The van der Waals surface area contributed by atoms with Crippen molar-refractivity contribution < 1.29 is 26.4 Å². The molecule has 0 amide bonds. The molecule has 2 rings (SSSR count). The third-order valence-corrected chi connectivity index (χ3v) is 5.18. The summed E-state index contributed by atoms with van der Waals surface area (Å²) in [6, 6.07) is 1.59. The summed E-state index contributed by atoms with van der Waals surface area (Å²) >= 11 is 0. The molecule has 11 heteroatoms. The van der Waals surface area contributed by atoms with Crippen molar-refractivity contribution >= 4 is 21.2 Å². The van der Waals surface area contributed by atoms with Gasteiger partial charge in [-0.3, -0.25) is 4.79 Å². The summed E-state index contributed by atoms with van der Waals surface area (Å²) in [6.45, 7) is 1.18. The Bertz CT molecular complexity index is 1050. The Kier molecular flexibility index (Phi) is 5.69. The van der Waals surface area contributed by atoms with Crippen LogP contribution in [0.25, 0.3) is 5.57 Å². The average Bonchev–Trinajstić information content (AvgIpc) is 2.95. The van der Waals surface area contributed by atoms with Gasteiger partial charge in [-0.15, -0.1) is 0 Å². The molecule has 1 aromatic heterocycles. The van der Waals surface area contributed by atoms with E-state index in [1.54, 1.807) is 26.0 Å². The van der Waals surface area contributed by atoms with Crippen molar-refractivity contribution in [2.24, 2.45) is 7.05 Å². The molecule has 152 valence electrons. The number of alkyl halides is 3. The van der Waals surface area contributed by atoms with Gasteiger partial charge in [0.2, 0.25) is 0 Å². The maximum absolute atomic E-state index is 13.3.